The monoisotopic (exact) mass is 448 g/mol. The van der Waals surface area contributed by atoms with Crippen LogP contribution in [0.1, 0.15) is 90.9 Å². The Labute approximate surface area is 195 Å². The zero-order valence-electron chi connectivity index (χ0n) is 20.2. The standard InChI is InChI=1S/C27H44O5/c1-3-5-7-9-11-13-15-17-19-21-26(29)31-23-25(28)24-32-27(30)22-20-18-16-14-12-10-8-6-4-2/h15-22,25,28H,3-14,23-24H2,1-2H3. The minimum absolute atomic E-state index is 0.223. The summed E-state index contributed by atoms with van der Waals surface area (Å²) in [7, 11) is 0. The molecule has 0 atom stereocenters. The maximum absolute atomic E-state index is 11.6. The minimum Gasteiger partial charge on any atom is -0.460 e. The molecule has 0 heterocycles. The molecule has 0 aliphatic heterocycles. The van der Waals surface area contributed by atoms with Crippen molar-refractivity contribution in [2.75, 3.05) is 13.2 Å². The molecule has 5 nitrogen and oxygen atoms in total. The first-order valence-electron chi connectivity index (χ1n) is 12.3. The van der Waals surface area contributed by atoms with Gasteiger partial charge >= 0.3 is 11.9 Å². The largest absolute Gasteiger partial charge is 0.460 e. The van der Waals surface area contributed by atoms with Gasteiger partial charge in [-0.25, -0.2) is 9.59 Å². The summed E-state index contributed by atoms with van der Waals surface area (Å²) < 4.78 is 9.88. The van der Waals surface area contributed by atoms with Crippen molar-refractivity contribution in [3.8, 4) is 0 Å². The molecule has 0 fully saturated rings. The second-order valence-corrected chi connectivity index (χ2v) is 7.89. The van der Waals surface area contributed by atoms with Crippen molar-refractivity contribution in [2.45, 2.75) is 97.0 Å². The third-order valence-electron chi connectivity index (χ3n) is 4.74. The van der Waals surface area contributed by atoms with Crippen molar-refractivity contribution in [1.29, 1.82) is 0 Å². The quantitative estimate of drug-likeness (QED) is 0.101. The number of rotatable bonds is 20. The van der Waals surface area contributed by atoms with Gasteiger partial charge in [0.2, 0.25) is 0 Å². The van der Waals surface area contributed by atoms with Crippen LogP contribution in [0.2, 0.25) is 0 Å². The Morgan fingerprint density at radius 1 is 0.656 bits per heavy atom. The number of carbonyl (C=O) groups is 2. The number of hydrogen-bond donors (Lipinski definition) is 1. The van der Waals surface area contributed by atoms with Crippen LogP contribution >= 0.6 is 0 Å². The predicted molar refractivity (Wildman–Crippen MR) is 131 cm³/mol. The van der Waals surface area contributed by atoms with E-state index in [4.69, 9.17) is 9.47 Å². The molecule has 0 amide bonds. The molecule has 0 spiro atoms. The van der Waals surface area contributed by atoms with Crippen molar-refractivity contribution >= 4 is 11.9 Å². The van der Waals surface area contributed by atoms with E-state index in [1.807, 2.05) is 24.3 Å². The fraction of sp³-hybridized carbons (Fsp3) is 0.630. The van der Waals surface area contributed by atoms with E-state index in [1.165, 1.54) is 63.5 Å². The summed E-state index contributed by atoms with van der Waals surface area (Å²) in [5.41, 5.74) is 0. The summed E-state index contributed by atoms with van der Waals surface area (Å²) in [6, 6.07) is 0. The van der Waals surface area contributed by atoms with E-state index in [0.717, 1.165) is 25.7 Å². The van der Waals surface area contributed by atoms with Crippen molar-refractivity contribution in [3.05, 3.63) is 48.6 Å². The Hall–Kier alpha value is -2.14. The van der Waals surface area contributed by atoms with Gasteiger partial charge in [0.05, 0.1) is 0 Å². The molecule has 0 aliphatic rings. The van der Waals surface area contributed by atoms with Crippen molar-refractivity contribution in [2.24, 2.45) is 0 Å². The molecule has 0 aromatic rings. The van der Waals surface area contributed by atoms with E-state index >= 15 is 0 Å². The highest BCUT2D eigenvalue weighted by molar-refractivity contribution is 5.82. The van der Waals surface area contributed by atoms with Gasteiger partial charge in [-0.1, -0.05) is 102 Å². The molecule has 0 radical (unpaired) electrons. The van der Waals surface area contributed by atoms with E-state index in [-0.39, 0.29) is 13.2 Å². The molecule has 32 heavy (non-hydrogen) atoms. The van der Waals surface area contributed by atoms with E-state index in [9.17, 15) is 14.7 Å². The molecular formula is C27H44O5. The highest BCUT2D eigenvalue weighted by atomic mass is 16.6. The molecule has 1 N–H and O–H groups in total. The number of aliphatic hydroxyl groups is 1. The van der Waals surface area contributed by atoms with Crippen molar-refractivity contribution < 1.29 is 24.2 Å². The van der Waals surface area contributed by atoms with Gasteiger partial charge in [0.1, 0.15) is 19.3 Å². The molecule has 0 saturated carbocycles. The van der Waals surface area contributed by atoms with Crippen LogP contribution in [0.5, 0.6) is 0 Å². The molecule has 0 aromatic carbocycles. The molecule has 0 saturated heterocycles. The lowest BCUT2D eigenvalue weighted by Gasteiger charge is -2.09. The highest BCUT2D eigenvalue weighted by Gasteiger charge is 2.09. The lowest BCUT2D eigenvalue weighted by Crippen LogP contribution is -2.24. The van der Waals surface area contributed by atoms with Gasteiger partial charge in [0.15, 0.2) is 0 Å². The molecule has 0 aromatic heterocycles. The minimum atomic E-state index is -1.05. The van der Waals surface area contributed by atoms with Gasteiger partial charge in [-0.05, 0) is 25.7 Å². The average Bonchev–Trinajstić information content (AvgIpc) is 2.79. The van der Waals surface area contributed by atoms with Gasteiger partial charge < -0.3 is 14.6 Å². The number of carbonyl (C=O) groups excluding carboxylic acids is 2. The summed E-state index contributed by atoms with van der Waals surface area (Å²) in [6.07, 6.45) is 26.9. The Morgan fingerprint density at radius 3 is 1.47 bits per heavy atom. The van der Waals surface area contributed by atoms with Crippen LogP contribution in [0.4, 0.5) is 0 Å². The van der Waals surface area contributed by atoms with Crippen LogP contribution in [0.25, 0.3) is 0 Å². The first-order valence-corrected chi connectivity index (χ1v) is 12.3. The lowest BCUT2D eigenvalue weighted by molar-refractivity contribution is -0.146. The Bertz CT molecular complexity index is 525. The molecule has 182 valence electrons. The summed E-state index contributed by atoms with van der Waals surface area (Å²) in [5.74, 6) is -1.08. The summed E-state index contributed by atoms with van der Waals surface area (Å²) in [6.45, 7) is 3.95. The molecule has 0 unspecified atom stereocenters. The predicted octanol–water partition coefficient (Wildman–Crippen LogP) is 6.38. The van der Waals surface area contributed by atoms with Crippen LogP contribution in [0.15, 0.2) is 48.6 Å². The van der Waals surface area contributed by atoms with Gasteiger partial charge in [0.25, 0.3) is 0 Å². The van der Waals surface area contributed by atoms with Crippen molar-refractivity contribution in [1.82, 2.24) is 0 Å². The molecular weight excluding hydrogens is 404 g/mol. The van der Waals surface area contributed by atoms with E-state index < -0.39 is 18.0 Å². The van der Waals surface area contributed by atoms with Gasteiger partial charge in [-0.2, -0.15) is 0 Å². The lowest BCUT2D eigenvalue weighted by atomic mass is 10.1. The van der Waals surface area contributed by atoms with E-state index in [1.54, 1.807) is 12.2 Å². The average molecular weight is 449 g/mol. The zero-order chi connectivity index (χ0) is 23.7. The third kappa shape index (κ3) is 22.5. The second kappa shape index (κ2) is 23.5. The molecule has 5 heteroatoms. The Morgan fingerprint density at radius 2 is 1.06 bits per heavy atom. The molecule has 0 bridgehead atoms. The number of aliphatic hydroxyl groups excluding tert-OH is 1. The van der Waals surface area contributed by atoms with Crippen LogP contribution in [0.3, 0.4) is 0 Å². The molecule has 0 aliphatic carbocycles. The van der Waals surface area contributed by atoms with Crippen LogP contribution in [0, 0.1) is 0 Å². The van der Waals surface area contributed by atoms with Crippen LogP contribution in [-0.4, -0.2) is 36.4 Å². The summed E-state index contributed by atoms with van der Waals surface area (Å²) in [5, 5.41) is 9.78. The Kier molecular flexibility index (Phi) is 21.9. The smallest absolute Gasteiger partial charge is 0.330 e. The summed E-state index contributed by atoms with van der Waals surface area (Å²) in [4.78, 5) is 23.2. The first-order chi connectivity index (χ1) is 15.6. The van der Waals surface area contributed by atoms with Crippen molar-refractivity contribution in [3.63, 3.8) is 0 Å². The Balaban J connectivity index is 3.78. The first kappa shape index (κ1) is 29.9. The van der Waals surface area contributed by atoms with Crippen LogP contribution < -0.4 is 0 Å². The number of allylic oxidation sites excluding steroid dienone is 6. The highest BCUT2D eigenvalue weighted by Crippen LogP contribution is 2.06. The zero-order valence-corrected chi connectivity index (χ0v) is 20.2. The van der Waals surface area contributed by atoms with E-state index in [2.05, 4.69) is 13.8 Å². The maximum Gasteiger partial charge on any atom is 0.330 e. The van der Waals surface area contributed by atoms with Gasteiger partial charge in [0, 0.05) is 12.2 Å². The SMILES string of the molecule is CCCCCCCC=CC=CC(=O)OCC(O)COC(=O)C=CC=CCCCCCCC. The number of hydrogen-bond acceptors (Lipinski definition) is 5. The summed E-state index contributed by atoms with van der Waals surface area (Å²) >= 11 is 0. The van der Waals surface area contributed by atoms with Crippen LogP contribution in [-0.2, 0) is 19.1 Å². The maximum atomic E-state index is 11.6. The second-order valence-electron chi connectivity index (χ2n) is 7.89. The van der Waals surface area contributed by atoms with Gasteiger partial charge in [-0.3, -0.25) is 0 Å². The van der Waals surface area contributed by atoms with Gasteiger partial charge in [-0.15, -0.1) is 0 Å². The molecule has 0 rings (SSSR count). The number of esters is 2. The van der Waals surface area contributed by atoms with E-state index in [0.29, 0.717) is 0 Å². The fourth-order valence-corrected chi connectivity index (χ4v) is 2.85. The normalized spacial score (nSPS) is 13.0. The topological polar surface area (TPSA) is 72.8 Å². The fourth-order valence-electron chi connectivity index (χ4n) is 2.85. The number of unbranched alkanes of at least 4 members (excludes halogenated alkanes) is 10. The third-order valence-corrected chi connectivity index (χ3v) is 4.74. The number of ether oxygens (including phenoxy) is 2.